The number of carbonyl (C=O) groups is 2. The van der Waals surface area contributed by atoms with Crippen molar-refractivity contribution in [2.45, 2.75) is 26.2 Å². The molecule has 6 N–H and O–H groups in total. The molecule has 0 atom stereocenters. The highest BCUT2D eigenvalue weighted by Gasteiger charge is 2.25. The average molecular weight is 465 g/mol. The number of aromatic amines is 1. The van der Waals surface area contributed by atoms with E-state index in [2.05, 4.69) is 20.9 Å². The van der Waals surface area contributed by atoms with Crippen LogP contribution in [0, 0.1) is 0 Å². The summed E-state index contributed by atoms with van der Waals surface area (Å²) in [5.41, 5.74) is 0.683. The molecule has 0 radical (unpaired) electrons. The molecule has 0 aliphatic carbocycles. The molecule has 8 nitrogen and oxygen atoms in total. The Bertz CT molecular complexity index is 1350. The normalized spacial score (nSPS) is 11.4. The number of aromatic nitrogens is 1. The van der Waals surface area contributed by atoms with Crippen molar-refractivity contribution in [3.63, 3.8) is 0 Å². The zero-order chi connectivity index (χ0) is 23.8. The standard InChI is InChI=1S/C24H24N4O4S/c1-24(2,3)18-11-15(20(30)25-17-12-19(29)27-21(17)31)22(33-18)28-23(32)26-16-10-6-8-13-7-4-5-9-14(13)16/h4-12,27,29,31H,1-3H3,(H,25,30)(H2,26,28,32). The van der Waals surface area contributed by atoms with Gasteiger partial charge in [0, 0.05) is 16.3 Å². The summed E-state index contributed by atoms with van der Waals surface area (Å²) in [5, 5.41) is 29.8. The predicted molar refractivity (Wildman–Crippen MR) is 132 cm³/mol. The van der Waals surface area contributed by atoms with Crippen LogP contribution in [0.2, 0.25) is 0 Å². The molecule has 2 aromatic carbocycles. The Morgan fingerprint density at radius 1 is 0.909 bits per heavy atom. The third-order valence-corrected chi connectivity index (χ3v) is 6.49. The largest absolute Gasteiger partial charge is 0.494 e. The van der Waals surface area contributed by atoms with Crippen LogP contribution in [0.4, 0.5) is 21.2 Å². The Kier molecular flexibility index (Phi) is 5.73. The van der Waals surface area contributed by atoms with Crippen molar-refractivity contribution < 1.29 is 19.8 Å². The van der Waals surface area contributed by atoms with E-state index in [4.69, 9.17) is 0 Å². The summed E-state index contributed by atoms with van der Waals surface area (Å²) in [6.07, 6.45) is 0. The van der Waals surface area contributed by atoms with Crippen LogP contribution in [-0.4, -0.2) is 27.1 Å². The maximum absolute atomic E-state index is 13.0. The van der Waals surface area contributed by atoms with E-state index in [-0.39, 0.29) is 28.4 Å². The maximum atomic E-state index is 13.0. The van der Waals surface area contributed by atoms with E-state index in [9.17, 15) is 19.8 Å². The average Bonchev–Trinajstić information content (AvgIpc) is 3.31. The number of carbonyl (C=O) groups excluding carboxylic acids is 2. The number of H-pyrrole nitrogens is 1. The Balaban J connectivity index is 1.60. The minimum absolute atomic E-state index is 0.0344. The molecule has 0 aliphatic rings. The van der Waals surface area contributed by atoms with E-state index in [1.165, 1.54) is 17.4 Å². The highest BCUT2D eigenvalue weighted by molar-refractivity contribution is 7.17. The first kappa shape index (κ1) is 22.2. The van der Waals surface area contributed by atoms with Crippen LogP contribution in [0.1, 0.15) is 36.0 Å². The van der Waals surface area contributed by atoms with Crippen LogP contribution in [-0.2, 0) is 5.41 Å². The molecule has 0 spiro atoms. The van der Waals surface area contributed by atoms with Crippen molar-refractivity contribution in [3.05, 3.63) is 65.0 Å². The first-order chi connectivity index (χ1) is 15.6. The summed E-state index contributed by atoms with van der Waals surface area (Å²) in [6.45, 7) is 6.03. The first-order valence-corrected chi connectivity index (χ1v) is 11.1. The molecule has 0 saturated carbocycles. The second kappa shape index (κ2) is 8.51. The third-order valence-electron chi connectivity index (χ3n) is 5.01. The van der Waals surface area contributed by atoms with Gasteiger partial charge in [0.1, 0.15) is 10.7 Å². The minimum Gasteiger partial charge on any atom is -0.494 e. The fourth-order valence-electron chi connectivity index (χ4n) is 3.33. The molecule has 0 bridgehead atoms. The van der Waals surface area contributed by atoms with Crippen LogP contribution in [0.5, 0.6) is 11.8 Å². The zero-order valence-corrected chi connectivity index (χ0v) is 19.1. The molecule has 0 saturated heterocycles. The van der Waals surface area contributed by atoms with Gasteiger partial charge in [-0.05, 0) is 22.9 Å². The van der Waals surface area contributed by atoms with E-state index in [1.54, 1.807) is 6.07 Å². The highest BCUT2D eigenvalue weighted by atomic mass is 32.1. The quantitative estimate of drug-likeness (QED) is 0.227. The number of rotatable bonds is 4. The molecule has 2 aromatic heterocycles. The Hall–Kier alpha value is -3.98. The lowest BCUT2D eigenvalue weighted by molar-refractivity contribution is 0.102. The van der Waals surface area contributed by atoms with Crippen molar-refractivity contribution in [1.82, 2.24) is 4.98 Å². The number of amides is 3. The van der Waals surface area contributed by atoms with Crippen LogP contribution < -0.4 is 16.0 Å². The number of fused-ring (bicyclic) bond motifs is 1. The lowest BCUT2D eigenvalue weighted by Crippen LogP contribution is -2.21. The van der Waals surface area contributed by atoms with Gasteiger partial charge in [0.2, 0.25) is 5.88 Å². The van der Waals surface area contributed by atoms with Gasteiger partial charge in [-0.1, -0.05) is 57.2 Å². The molecule has 3 amide bonds. The molecule has 170 valence electrons. The third kappa shape index (κ3) is 4.78. The summed E-state index contributed by atoms with van der Waals surface area (Å²) in [5.74, 6) is -1.18. The van der Waals surface area contributed by atoms with E-state index < -0.39 is 11.9 Å². The van der Waals surface area contributed by atoms with Gasteiger partial charge >= 0.3 is 6.03 Å². The molecule has 9 heteroatoms. The van der Waals surface area contributed by atoms with Crippen LogP contribution in [0.15, 0.2) is 54.6 Å². The van der Waals surface area contributed by atoms with Gasteiger partial charge in [0.15, 0.2) is 5.88 Å². The predicted octanol–water partition coefficient (Wildman–Crippen LogP) is 5.83. The van der Waals surface area contributed by atoms with Crippen molar-refractivity contribution in [2.75, 3.05) is 16.0 Å². The molecule has 2 heterocycles. The molecule has 4 aromatic rings. The summed E-state index contributed by atoms with van der Waals surface area (Å²) in [6, 6.07) is 15.8. The number of aromatic hydroxyl groups is 2. The van der Waals surface area contributed by atoms with Gasteiger partial charge in [-0.15, -0.1) is 11.3 Å². The number of hydrogen-bond acceptors (Lipinski definition) is 5. The molecule has 0 aliphatic heterocycles. The van der Waals surface area contributed by atoms with E-state index in [0.29, 0.717) is 10.7 Å². The van der Waals surface area contributed by atoms with Gasteiger partial charge < -0.3 is 20.8 Å². The van der Waals surface area contributed by atoms with Gasteiger partial charge in [-0.3, -0.25) is 15.1 Å². The summed E-state index contributed by atoms with van der Waals surface area (Å²) < 4.78 is 0. The summed E-state index contributed by atoms with van der Waals surface area (Å²) in [4.78, 5) is 29.0. The molecular formula is C24H24N4O4S. The van der Waals surface area contributed by atoms with E-state index >= 15 is 0 Å². The monoisotopic (exact) mass is 464 g/mol. The SMILES string of the molecule is CC(C)(C)c1cc(C(=O)Nc2cc(O)[nH]c2O)c(NC(=O)Nc2cccc3ccccc23)s1. The number of hydrogen-bond donors (Lipinski definition) is 6. The van der Waals surface area contributed by atoms with Crippen LogP contribution >= 0.6 is 11.3 Å². The van der Waals surface area contributed by atoms with Gasteiger partial charge in [-0.2, -0.15) is 0 Å². The van der Waals surface area contributed by atoms with Gasteiger partial charge in [0.05, 0.1) is 11.3 Å². The minimum atomic E-state index is -0.531. The van der Waals surface area contributed by atoms with Crippen LogP contribution in [0.25, 0.3) is 10.8 Å². The fraction of sp³-hybridized carbons (Fsp3) is 0.167. The Morgan fingerprint density at radius 3 is 2.33 bits per heavy atom. The topological polar surface area (TPSA) is 126 Å². The molecule has 4 rings (SSSR count). The Morgan fingerprint density at radius 2 is 1.64 bits per heavy atom. The second-order valence-corrected chi connectivity index (χ2v) is 9.63. The number of thiophene rings is 1. The molecule has 33 heavy (non-hydrogen) atoms. The Labute approximate surface area is 194 Å². The zero-order valence-electron chi connectivity index (χ0n) is 18.3. The van der Waals surface area contributed by atoms with Crippen molar-refractivity contribution in [3.8, 4) is 11.8 Å². The number of anilines is 3. The number of benzene rings is 2. The molecule has 0 fully saturated rings. The smallest absolute Gasteiger partial charge is 0.324 e. The van der Waals surface area contributed by atoms with Crippen molar-refractivity contribution >= 4 is 50.4 Å². The van der Waals surface area contributed by atoms with E-state index in [0.717, 1.165) is 15.6 Å². The van der Waals surface area contributed by atoms with Crippen molar-refractivity contribution in [1.29, 1.82) is 0 Å². The second-order valence-electron chi connectivity index (χ2n) is 8.58. The number of urea groups is 1. The summed E-state index contributed by atoms with van der Waals surface area (Å²) in [7, 11) is 0. The van der Waals surface area contributed by atoms with Gasteiger partial charge in [-0.25, -0.2) is 4.79 Å². The lowest BCUT2D eigenvalue weighted by Gasteiger charge is -2.15. The van der Waals surface area contributed by atoms with Crippen LogP contribution in [0.3, 0.4) is 0 Å². The van der Waals surface area contributed by atoms with E-state index in [1.807, 2.05) is 63.2 Å². The fourth-order valence-corrected chi connectivity index (χ4v) is 4.44. The maximum Gasteiger partial charge on any atom is 0.324 e. The lowest BCUT2D eigenvalue weighted by atomic mass is 9.94. The molecule has 0 unspecified atom stereocenters. The highest BCUT2D eigenvalue weighted by Crippen LogP contribution is 2.37. The van der Waals surface area contributed by atoms with Gasteiger partial charge in [0.25, 0.3) is 5.91 Å². The first-order valence-electron chi connectivity index (χ1n) is 10.2. The molecular weight excluding hydrogens is 440 g/mol. The summed E-state index contributed by atoms with van der Waals surface area (Å²) >= 11 is 1.30. The van der Waals surface area contributed by atoms with Crippen molar-refractivity contribution in [2.24, 2.45) is 0 Å². The number of nitrogens with one attached hydrogen (secondary N) is 4.